The van der Waals surface area contributed by atoms with Gasteiger partial charge in [0.1, 0.15) is 5.82 Å². The molecule has 0 aliphatic rings. The van der Waals surface area contributed by atoms with Gasteiger partial charge in [0.2, 0.25) is 5.91 Å². The fourth-order valence-corrected chi connectivity index (χ4v) is 1.17. The second-order valence-corrected chi connectivity index (χ2v) is 2.79. The first kappa shape index (κ1) is 9.92. The molecular formula is C9H14N2O2. The van der Waals surface area contributed by atoms with Crippen LogP contribution in [0.25, 0.3) is 0 Å². The van der Waals surface area contributed by atoms with Crippen molar-refractivity contribution < 1.29 is 9.90 Å². The molecule has 0 saturated heterocycles. The third-order valence-corrected chi connectivity index (χ3v) is 1.85. The third-order valence-electron chi connectivity index (χ3n) is 1.85. The monoisotopic (exact) mass is 182 g/mol. The number of hydrogen-bond donors (Lipinski definition) is 1. The molecule has 1 aromatic heterocycles. The summed E-state index contributed by atoms with van der Waals surface area (Å²) in [6.45, 7) is 2.01. The van der Waals surface area contributed by atoms with Gasteiger partial charge in [0, 0.05) is 31.8 Å². The summed E-state index contributed by atoms with van der Waals surface area (Å²) in [5.41, 5.74) is 0. The molecule has 72 valence electrons. The van der Waals surface area contributed by atoms with E-state index in [0.29, 0.717) is 12.8 Å². The zero-order valence-electron chi connectivity index (χ0n) is 7.73. The van der Waals surface area contributed by atoms with Crippen LogP contribution in [0.2, 0.25) is 0 Å². The molecule has 1 aromatic rings. The van der Waals surface area contributed by atoms with Crippen molar-refractivity contribution in [1.29, 1.82) is 0 Å². The first-order chi connectivity index (χ1) is 6.29. The topological polar surface area (TPSA) is 55.1 Å². The molecule has 0 bridgehead atoms. The van der Waals surface area contributed by atoms with Crippen LogP contribution in [0.3, 0.4) is 0 Å². The second kappa shape index (κ2) is 4.77. The zero-order chi connectivity index (χ0) is 9.68. The van der Waals surface area contributed by atoms with Crippen LogP contribution in [0.15, 0.2) is 12.4 Å². The van der Waals surface area contributed by atoms with Crippen LogP contribution in [-0.4, -0.2) is 27.2 Å². The van der Waals surface area contributed by atoms with Gasteiger partial charge >= 0.3 is 0 Å². The second-order valence-electron chi connectivity index (χ2n) is 2.79. The highest BCUT2D eigenvalue weighted by atomic mass is 16.3. The Labute approximate surface area is 77.2 Å². The molecule has 1 heterocycles. The fraction of sp³-hybridized carbons (Fsp3) is 0.556. The summed E-state index contributed by atoms with van der Waals surface area (Å²) in [6, 6.07) is 0. The first-order valence-corrected chi connectivity index (χ1v) is 4.46. The van der Waals surface area contributed by atoms with Crippen LogP contribution in [0, 0.1) is 0 Å². The van der Waals surface area contributed by atoms with Crippen molar-refractivity contribution in [3.8, 4) is 0 Å². The van der Waals surface area contributed by atoms with Crippen LogP contribution in [-0.2, 0) is 6.42 Å². The standard InChI is InChI=1S/C9H14N2O2/c1-2-8-10-5-6-11(8)9(13)4-3-7-12/h5-6,12H,2-4,7H2,1H3. The van der Waals surface area contributed by atoms with Gasteiger partial charge in [0.15, 0.2) is 0 Å². The van der Waals surface area contributed by atoms with Crippen LogP contribution in [0.4, 0.5) is 0 Å². The number of rotatable bonds is 4. The molecule has 0 unspecified atom stereocenters. The van der Waals surface area contributed by atoms with Crippen molar-refractivity contribution in [2.45, 2.75) is 26.2 Å². The summed E-state index contributed by atoms with van der Waals surface area (Å²) in [4.78, 5) is 15.5. The van der Waals surface area contributed by atoms with E-state index in [4.69, 9.17) is 5.11 Å². The van der Waals surface area contributed by atoms with Crippen molar-refractivity contribution in [2.24, 2.45) is 0 Å². The van der Waals surface area contributed by atoms with Gasteiger partial charge in [-0.05, 0) is 6.42 Å². The number of imidazole rings is 1. The zero-order valence-corrected chi connectivity index (χ0v) is 7.73. The Morgan fingerprint density at radius 1 is 1.69 bits per heavy atom. The van der Waals surface area contributed by atoms with E-state index in [9.17, 15) is 4.79 Å². The maximum absolute atomic E-state index is 11.5. The Morgan fingerprint density at radius 2 is 2.46 bits per heavy atom. The average molecular weight is 182 g/mol. The van der Waals surface area contributed by atoms with Crippen molar-refractivity contribution in [2.75, 3.05) is 6.61 Å². The van der Waals surface area contributed by atoms with Gasteiger partial charge in [-0.15, -0.1) is 0 Å². The number of aliphatic hydroxyl groups excluding tert-OH is 1. The minimum absolute atomic E-state index is 0.00315. The molecule has 0 aromatic carbocycles. The molecule has 0 aliphatic carbocycles. The summed E-state index contributed by atoms with van der Waals surface area (Å²) < 4.78 is 1.55. The number of aryl methyl sites for hydroxylation is 1. The van der Waals surface area contributed by atoms with Crippen LogP contribution >= 0.6 is 0 Å². The highest BCUT2D eigenvalue weighted by Gasteiger charge is 2.07. The quantitative estimate of drug-likeness (QED) is 0.751. The van der Waals surface area contributed by atoms with Gasteiger partial charge in [-0.3, -0.25) is 9.36 Å². The smallest absolute Gasteiger partial charge is 0.232 e. The van der Waals surface area contributed by atoms with Crippen LogP contribution in [0.5, 0.6) is 0 Å². The molecule has 0 amide bonds. The average Bonchev–Trinajstić information content (AvgIpc) is 2.61. The molecular weight excluding hydrogens is 168 g/mol. The molecule has 4 heteroatoms. The van der Waals surface area contributed by atoms with E-state index in [1.165, 1.54) is 0 Å². The lowest BCUT2D eigenvalue weighted by Crippen LogP contribution is -2.13. The maximum atomic E-state index is 11.5. The van der Waals surface area contributed by atoms with Crippen LogP contribution < -0.4 is 0 Å². The molecule has 1 N–H and O–H groups in total. The SMILES string of the molecule is CCc1nccn1C(=O)CCCO. The van der Waals surface area contributed by atoms with Crippen molar-refractivity contribution >= 4 is 5.91 Å². The van der Waals surface area contributed by atoms with Gasteiger partial charge in [0.05, 0.1) is 0 Å². The van der Waals surface area contributed by atoms with Crippen molar-refractivity contribution in [1.82, 2.24) is 9.55 Å². The molecule has 0 spiro atoms. The van der Waals surface area contributed by atoms with E-state index in [-0.39, 0.29) is 12.5 Å². The lowest BCUT2D eigenvalue weighted by molar-refractivity contribution is 0.0887. The Bertz CT molecular complexity index is 281. The lowest BCUT2D eigenvalue weighted by Gasteiger charge is -2.03. The number of carbonyl (C=O) groups excluding carboxylic acids is 1. The van der Waals surface area contributed by atoms with Gasteiger partial charge < -0.3 is 5.11 Å². The van der Waals surface area contributed by atoms with E-state index < -0.39 is 0 Å². The van der Waals surface area contributed by atoms with Crippen molar-refractivity contribution in [3.63, 3.8) is 0 Å². The lowest BCUT2D eigenvalue weighted by atomic mass is 10.3. The van der Waals surface area contributed by atoms with Crippen LogP contribution in [0.1, 0.15) is 30.4 Å². The predicted octanol–water partition coefficient (Wildman–Crippen LogP) is 0.858. The number of carbonyl (C=O) groups is 1. The number of nitrogens with zero attached hydrogens (tertiary/aromatic N) is 2. The predicted molar refractivity (Wildman–Crippen MR) is 48.6 cm³/mol. The third kappa shape index (κ3) is 2.39. The summed E-state index contributed by atoms with van der Waals surface area (Å²) in [5.74, 6) is 0.784. The highest BCUT2D eigenvalue weighted by Crippen LogP contribution is 2.01. The molecule has 0 radical (unpaired) electrons. The van der Waals surface area contributed by atoms with Crippen molar-refractivity contribution in [3.05, 3.63) is 18.2 Å². The molecule has 0 saturated carbocycles. The number of hydrogen-bond acceptors (Lipinski definition) is 3. The summed E-state index contributed by atoms with van der Waals surface area (Å²) in [6.07, 6.45) is 4.92. The molecule has 0 atom stereocenters. The summed E-state index contributed by atoms with van der Waals surface area (Å²) in [7, 11) is 0. The molecule has 0 aliphatic heterocycles. The Hall–Kier alpha value is -1.16. The minimum Gasteiger partial charge on any atom is -0.396 e. The van der Waals surface area contributed by atoms with Gasteiger partial charge in [0.25, 0.3) is 0 Å². The largest absolute Gasteiger partial charge is 0.396 e. The van der Waals surface area contributed by atoms with E-state index in [1.54, 1.807) is 17.0 Å². The van der Waals surface area contributed by atoms with E-state index in [1.807, 2.05) is 6.92 Å². The number of aromatic nitrogens is 2. The highest BCUT2D eigenvalue weighted by molar-refractivity contribution is 5.79. The summed E-state index contributed by atoms with van der Waals surface area (Å²) in [5, 5.41) is 8.56. The first-order valence-electron chi connectivity index (χ1n) is 4.46. The normalized spacial score (nSPS) is 10.3. The van der Waals surface area contributed by atoms with E-state index in [0.717, 1.165) is 12.2 Å². The molecule has 13 heavy (non-hydrogen) atoms. The van der Waals surface area contributed by atoms with E-state index >= 15 is 0 Å². The number of aliphatic hydroxyl groups is 1. The van der Waals surface area contributed by atoms with Gasteiger partial charge in [-0.25, -0.2) is 4.98 Å². The maximum Gasteiger partial charge on any atom is 0.232 e. The molecule has 4 nitrogen and oxygen atoms in total. The van der Waals surface area contributed by atoms with E-state index in [2.05, 4.69) is 4.98 Å². The van der Waals surface area contributed by atoms with Gasteiger partial charge in [-0.2, -0.15) is 0 Å². The van der Waals surface area contributed by atoms with Gasteiger partial charge in [-0.1, -0.05) is 6.92 Å². The Kier molecular flexibility index (Phi) is 3.64. The molecule has 1 rings (SSSR count). The Morgan fingerprint density at radius 3 is 3.08 bits per heavy atom. The summed E-state index contributed by atoms with van der Waals surface area (Å²) >= 11 is 0. The Balaban J connectivity index is 2.65. The minimum atomic E-state index is 0.00315. The molecule has 0 fully saturated rings. The fourth-order valence-electron chi connectivity index (χ4n) is 1.17.